The molecule has 1 aromatic rings. The highest BCUT2D eigenvalue weighted by atomic mass is 19.4. The highest BCUT2D eigenvalue weighted by Gasteiger charge is 2.33. The summed E-state index contributed by atoms with van der Waals surface area (Å²) in [4.78, 5) is 5.21. The zero-order valence-corrected chi connectivity index (χ0v) is 12.1. The van der Waals surface area contributed by atoms with E-state index in [1.54, 1.807) is 11.9 Å². The second kappa shape index (κ2) is 6.64. The van der Waals surface area contributed by atoms with Crippen LogP contribution in [-0.2, 0) is 6.18 Å². The minimum absolute atomic E-state index is 0.0421. The first kappa shape index (κ1) is 17.1. The van der Waals surface area contributed by atoms with E-state index in [1.807, 2.05) is 13.8 Å². The maximum Gasteiger partial charge on any atom is 0.433 e. The number of anilines is 1. The van der Waals surface area contributed by atoms with Crippen molar-refractivity contribution in [2.24, 2.45) is 16.8 Å². The maximum atomic E-state index is 12.8. The summed E-state index contributed by atoms with van der Waals surface area (Å²) in [5, 5.41) is 11.6. The fourth-order valence-electron chi connectivity index (χ4n) is 1.83. The van der Waals surface area contributed by atoms with Gasteiger partial charge < -0.3 is 15.8 Å². The predicted octanol–water partition coefficient (Wildman–Crippen LogP) is 2.68. The molecule has 0 aliphatic heterocycles. The van der Waals surface area contributed by atoms with Gasteiger partial charge in [0.15, 0.2) is 5.84 Å². The molecule has 0 radical (unpaired) electrons. The third kappa shape index (κ3) is 4.24. The molecule has 0 spiro atoms. The van der Waals surface area contributed by atoms with E-state index in [1.165, 1.54) is 0 Å². The van der Waals surface area contributed by atoms with Crippen molar-refractivity contribution < 1.29 is 18.4 Å². The quantitative estimate of drug-likeness (QED) is 0.379. The Morgan fingerprint density at radius 1 is 1.48 bits per heavy atom. The number of halogens is 3. The first-order valence-corrected chi connectivity index (χ1v) is 6.48. The summed E-state index contributed by atoms with van der Waals surface area (Å²) in [6.07, 6.45) is -3.67. The van der Waals surface area contributed by atoms with E-state index in [0.717, 1.165) is 18.6 Å². The summed E-state index contributed by atoms with van der Waals surface area (Å²) in [5.41, 5.74) is 4.66. The van der Waals surface area contributed by atoms with Crippen LogP contribution in [-0.4, -0.2) is 29.6 Å². The van der Waals surface area contributed by atoms with E-state index in [-0.39, 0.29) is 23.1 Å². The molecule has 0 aromatic carbocycles. The van der Waals surface area contributed by atoms with Crippen molar-refractivity contribution in [3.8, 4) is 0 Å². The van der Waals surface area contributed by atoms with Gasteiger partial charge in [-0.15, -0.1) is 0 Å². The number of aromatic nitrogens is 1. The lowest BCUT2D eigenvalue weighted by molar-refractivity contribution is -0.141. The van der Waals surface area contributed by atoms with Gasteiger partial charge in [0.25, 0.3) is 0 Å². The van der Waals surface area contributed by atoms with Gasteiger partial charge >= 0.3 is 6.18 Å². The van der Waals surface area contributed by atoms with Crippen LogP contribution in [0.1, 0.15) is 31.5 Å². The van der Waals surface area contributed by atoms with Crippen LogP contribution in [0.3, 0.4) is 0 Å². The molecule has 0 fully saturated rings. The lowest BCUT2D eigenvalue weighted by atomic mass is 10.1. The van der Waals surface area contributed by atoms with Crippen LogP contribution in [0.2, 0.25) is 0 Å². The molecule has 0 bridgehead atoms. The average molecular weight is 304 g/mol. The van der Waals surface area contributed by atoms with Crippen molar-refractivity contribution in [2.45, 2.75) is 26.4 Å². The van der Waals surface area contributed by atoms with E-state index in [9.17, 15) is 13.2 Å². The van der Waals surface area contributed by atoms with Crippen LogP contribution in [0.15, 0.2) is 17.3 Å². The van der Waals surface area contributed by atoms with Crippen LogP contribution >= 0.6 is 0 Å². The number of pyridine rings is 1. The zero-order valence-electron chi connectivity index (χ0n) is 12.1. The van der Waals surface area contributed by atoms with Gasteiger partial charge in [0, 0.05) is 13.6 Å². The summed E-state index contributed by atoms with van der Waals surface area (Å²) in [6, 6.07) is 1.97. The van der Waals surface area contributed by atoms with Crippen molar-refractivity contribution in [2.75, 3.05) is 18.5 Å². The summed E-state index contributed by atoms with van der Waals surface area (Å²) >= 11 is 0. The number of nitrogens with two attached hydrogens (primary N) is 1. The molecule has 1 aromatic heterocycles. The number of oxime groups is 1. The number of nitrogens with zero attached hydrogens (tertiary/aromatic N) is 3. The SMILES string of the molecule is CCC(C)CN(C)c1nc(C(F)(F)F)ccc1C(N)=NO. The van der Waals surface area contributed by atoms with Gasteiger partial charge in [-0.05, 0) is 18.1 Å². The Labute approximate surface area is 121 Å². The van der Waals surface area contributed by atoms with Crippen LogP contribution in [0.4, 0.5) is 19.0 Å². The van der Waals surface area contributed by atoms with Crippen molar-refractivity contribution in [3.63, 3.8) is 0 Å². The molecule has 1 unspecified atom stereocenters. The van der Waals surface area contributed by atoms with E-state index >= 15 is 0 Å². The van der Waals surface area contributed by atoms with Crippen molar-refractivity contribution >= 4 is 11.7 Å². The lowest BCUT2D eigenvalue weighted by Crippen LogP contribution is -2.29. The molecule has 0 aliphatic rings. The molecule has 0 amide bonds. The second-order valence-electron chi connectivity index (χ2n) is 4.94. The Hall–Kier alpha value is -1.99. The van der Waals surface area contributed by atoms with Crippen molar-refractivity contribution in [1.82, 2.24) is 4.98 Å². The smallest absolute Gasteiger partial charge is 0.409 e. The normalized spacial score (nSPS) is 14.1. The van der Waals surface area contributed by atoms with Gasteiger partial charge in [-0.25, -0.2) is 4.98 Å². The van der Waals surface area contributed by atoms with E-state index in [0.29, 0.717) is 6.54 Å². The van der Waals surface area contributed by atoms with Gasteiger partial charge in [0.2, 0.25) is 0 Å². The minimum atomic E-state index is -4.55. The van der Waals surface area contributed by atoms with Crippen molar-refractivity contribution in [3.05, 3.63) is 23.4 Å². The van der Waals surface area contributed by atoms with Gasteiger partial charge in [-0.1, -0.05) is 25.4 Å². The topological polar surface area (TPSA) is 74.7 Å². The highest BCUT2D eigenvalue weighted by Crippen LogP contribution is 2.30. The molecule has 118 valence electrons. The number of hydrogen-bond acceptors (Lipinski definition) is 4. The predicted molar refractivity (Wildman–Crippen MR) is 74.5 cm³/mol. The number of amidine groups is 1. The van der Waals surface area contributed by atoms with Crippen LogP contribution < -0.4 is 10.6 Å². The Kier molecular flexibility index (Phi) is 5.40. The first-order valence-electron chi connectivity index (χ1n) is 6.48. The maximum absolute atomic E-state index is 12.8. The molecule has 21 heavy (non-hydrogen) atoms. The Balaban J connectivity index is 3.29. The lowest BCUT2D eigenvalue weighted by Gasteiger charge is -2.24. The molecule has 3 N–H and O–H groups in total. The van der Waals surface area contributed by atoms with Gasteiger partial charge in [-0.3, -0.25) is 0 Å². The fourth-order valence-corrected chi connectivity index (χ4v) is 1.83. The third-order valence-electron chi connectivity index (χ3n) is 3.19. The number of alkyl halides is 3. The molecular weight excluding hydrogens is 285 g/mol. The Bertz CT molecular complexity index is 517. The second-order valence-corrected chi connectivity index (χ2v) is 4.94. The molecule has 1 atom stereocenters. The molecule has 0 saturated carbocycles. The van der Waals surface area contributed by atoms with Gasteiger partial charge in [0.05, 0.1) is 5.56 Å². The standard InChI is InChI=1S/C13H19F3N4O/c1-4-8(2)7-20(3)12-9(11(17)19-21)5-6-10(18-12)13(14,15)16/h5-6,8,21H,4,7H2,1-3H3,(H2,17,19). The van der Waals surface area contributed by atoms with E-state index in [2.05, 4.69) is 10.1 Å². The molecule has 5 nitrogen and oxygen atoms in total. The summed E-state index contributed by atoms with van der Waals surface area (Å²) < 4.78 is 38.3. The molecular formula is C13H19F3N4O. The monoisotopic (exact) mass is 304 g/mol. The molecule has 8 heteroatoms. The molecule has 1 rings (SSSR count). The van der Waals surface area contributed by atoms with Crippen LogP contribution in [0.25, 0.3) is 0 Å². The van der Waals surface area contributed by atoms with Gasteiger partial charge in [0.1, 0.15) is 11.5 Å². The number of rotatable bonds is 5. The minimum Gasteiger partial charge on any atom is -0.409 e. The van der Waals surface area contributed by atoms with Crippen LogP contribution in [0.5, 0.6) is 0 Å². The average Bonchev–Trinajstić information content (AvgIpc) is 2.44. The highest BCUT2D eigenvalue weighted by molar-refractivity contribution is 6.01. The molecule has 1 heterocycles. The van der Waals surface area contributed by atoms with Crippen LogP contribution in [0, 0.1) is 5.92 Å². The molecule has 0 saturated heterocycles. The summed E-state index contributed by atoms with van der Waals surface area (Å²) in [7, 11) is 1.63. The fraction of sp³-hybridized carbons (Fsp3) is 0.538. The Morgan fingerprint density at radius 3 is 2.57 bits per heavy atom. The Morgan fingerprint density at radius 2 is 2.10 bits per heavy atom. The largest absolute Gasteiger partial charge is 0.433 e. The van der Waals surface area contributed by atoms with E-state index < -0.39 is 11.9 Å². The first-order chi connectivity index (χ1) is 9.70. The number of hydrogen-bond donors (Lipinski definition) is 2. The third-order valence-corrected chi connectivity index (χ3v) is 3.19. The summed E-state index contributed by atoms with van der Waals surface area (Å²) in [5.74, 6) is 0.0362. The van der Waals surface area contributed by atoms with Crippen molar-refractivity contribution in [1.29, 1.82) is 0 Å². The molecule has 0 aliphatic carbocycles. The summed E-state index contributed by atoms with van der Waals surface area (Å²) in [6.45, 7) is 4.48. The zero-order chi connectivity index (χ0) is 16.2. The van der Waals surface area contributed by atoms with Gasteiger partial charge in [-0.2, -0.15) is 13.2 Å². The van der Waals surface area contributed by atoms with E-state index in [4.69, 9.17) is 10.9 Å².